The number of esters is 1. The van der Waals surface area contributed by atoms with Gasteiger partial charge in [-0.05, 0) is 106 Å². The first-order valence-electron chi connectivity index (χ1n) is 20.0. The number of likely N-dealkylation sites (N-methyl/N-ethyl adjacent to an activating group) is 1. The molecule has 6 nitrogen and oxygen atoms in total. The van der Waals surface area contributed by atoms with Gasteiger partial charge in [0.1, 0.15) is 11.7 Å². The normalized spacial score (nSPS) is 43.9. The molecule has 4 unspecified atom stereocenters. The Balaban J connectivity index is 1.24. The minimum absolute atomic E-state index is 0.0195. The standard InChI is InChI=1S/C41H66N2O4/c1-7-42(19-20-43-17-15-28(4)16-18-43)25-36-32(30-11-9-8-10-12-30)22-37(47-36)40-24-33-29(5)13-14-34(33)39(26-44)23-31(40)21-35(27(2)3)41(39,40)38(45)46-6/h21,26-34,36-37H,7-20,22-25H2,1-6H3/t29-,31?,32?,33-,34-,36+,37-,39?,40?,41+/m1/s1. The summed E-state index contributed by atoms with van der Waals surface area (Å²) in [5, 5.41) is 0. The van der Waals surface area contributed by atoms with Crippen molar-refractivity contribution < 1.29 is 19.1 Å². The summed E-state index contributed by atoms with van der Waals surface area (Å²) in [5.74, 6) is 3.62. The SMILES string of the molecule is CCN(CCN1CCC(C)CC1)C[C@@H]1O[C@@H](C23C[C@@H]4[C@H](C)CC[C@H]4C4(C=O)CC2C=C(C(C)C)[C@]43C(=O)OC)CC1C1CCCCC1. The Bertz CT molecular complexity index is 1190. The summed E-state index contributed by atoms with van der Waals surface area (Å²) in [4.78, 5) is 33.9. The van der Waals surface area contributed by atoms with Gasteiger partial charge < -0.3 is 19.2 Å². The van der Waals surface area contributed by atoms with Crippen LogP contribution in [0.5, 0.6) is 0 Å². The summed E-state index contributed by atoms with van der Waals surface area (Å²) < 4.78 is 13.5. The molecule has 0 aromatic heterocycles. The number of hydrogen-bond acceptors (Lipinski definition) is 6. The van der Waals surface area contributed by atoms with E-state index in [2.05, 4.69) is 50.5 Å². The van der Waals surface area contributed by atoms with Gasteiger partial charge in [-0.2, -0.15) is 0 Å². The van der Waals surface area contributed by atoms with E-state index in [4.69, 9.17) is 9.47 Å². The predicted molar refractivity (Wildman–Crippen MR) is 187 cm³/mol. The lowest BCUT2D eigenvalue weighted by Gasteiger charge is -2.60. The Morgan fingerprint density at radius 3 is 2.47 bits per heavy atom. The predicted octanol–water partition coefficient (Wildman–Crippen LogP) is 7.41. The molecule has 2 saturated heterocycles. The zero-order valence-corrected chi connectivity index (χ0v) is 30.7. The van der Waals surface area contributed by atoms with Crippen molar-refractivity contribution in [2.75, 3.05) is 46.4 Å². The highest BCUT2D eigenvalue weighted by Crippen LogP contribution is 2.84. The van der Waals surface area contributed by atoms with Gasteiger partial charge in [0.05, 0.1) is 24.7 Å². The molecule has 0 aromatic rings. The number of allylic oxidation sites excluding steroid dienone is 1. The molecule has 0 spiro atoms. The summed E-state index contributed by atoms with van der Waals surface area (Å²) in [6, 6.07) is 0. The lowest BCUT2D eigenvalue weighted by atomic mass is 9.41. The maximum Gasteiger partial charge on any atom is 0.317 e. The minimum atomic E-state index is -0.910. The van der Waals surface area contributed by atoms with Gasteiger partial charge in [-0.15, -0.1) is 0 Å². The Kier molecular flexibility index (Phi) is 9.57. The minimum Gasteiger partial charge on any atom is -0.468 e. The fourth-order valence-corrected chi connectivity index (χ4v) is 13.5. The number of hydrogen-bond donors (Lipinski definition) is 0. The molecule has 6 fully saturated rings. The summed E-state index contributed by atoms with van der Waals surface area (Å²) >= 11 is 0. The summed E-state index contributed by atoms with van der Waals surface area (Å²) in [5.41, 5.74) is -0.801. The van der Waals surface area contributed by atoms with Gasteiger partial charge in [0.2, 0.25) is 0 Å². The van der Waals surface area contributed by atoms with Crippen molar-refractivity contribution in [3.63, 3.8) is 0 Å². The summed E-state index contributed by atoms with van der Waals surface area (Å²) in [6.07, 6.45) is 18.2. The van der Waals surface area contributed by atoms with Crippen LogP contribution in [-0.4, -0.2) is 80.6 Å². The Morgan fingerprint density at radius 1 is 1.06 bits per heavy atom. The third-order valence-corrected chi connectivity index (χ3v) is 15.8. The van der Waals surface area contributed by atoms with Crippen molar-refractivity contribution in [2.24, 2.45) is 63.6 Å². The zero-order valence-electron chi connectivity index (χ0n) is 30.7. The first kappa shape index (κ1) is 34.2. The number of methoxy groups -OCH3 is 1. The molecule has 264 valence electrons. The van der Waals surface area contributed by atoms with Gasteiger partial charge in [-0.1, -0.05) is 84.8 Å². The molecule has 4 bridgehead atoms. The molecule has 2 heterocycles. The van der Waals surface area contributed by atoms with E-state index in [-0.39, 0.29) is 35.9 Å². The molecule has 0 N–H and O–H groups in total. The number of nitrogens with zero attached hydrogens (tertiary/aromatic N) is 2. The highest BCUT2D eigenvalue weighted by atomic mass is 16.5. The second kappa shape index (κ2) is 13.1. The molecule has 4 saturated carbocycles. The number of likely N-dealkylation sites (tertiary alicyclic amines) is 1. The molecule has 5 aliphatic carbocycles. The first-order valence-corrected chi connectivity index (χ1v) is 20.0. The van der Waals surface area contributed by atoms with E-state index in [9.17, 15) is 9.59 Å². The quantitative estimate of drug-likeness (QED) is 0.132. The third-order valence-electron chi connectivity index (χ3n) is 15.8. The van der Waals surface area contributed by atoms with Crippen molar-refractivity contribution in [3.8, 4) is 0 Å². The molecule has 6 heteroatoms. The van der Waals surface area contributed by atoms with Crippen molar-refractivity contribution in [1.29, 1.82) is 0 Å². The van der Waals surface area contributed by atoms with Crippen LogP contribution in [-0.2, 0) is 19.1 Å². The molecule has 0 amide bonds. The molecule has 7 aliphatic rings. The van der Waals surface area contributed by atoms with Crippen LogP contribution >= 0.6 is 0 Å². The first-order chi connectivity index (χ1) is 22.7. The summed E-state index contributed by atoms with van der Waals surface area (Å²) in [6.45, 7) is 18.3. The highest BCUT2D eigenvalue weighted by Gasteiger charge is 2.86. The highest BCUT2D eigenvalue weighted by molar-refractivity contribution is 5.91. The Morgan fingerprint density at radius 2 is 1.81 bits per heavy atom. The Labute approximate surface area is 286 Å². The van der Waals surface area contributed by atoms with E-state index in [1.165, 1.54) is 69.9 Å². The van der Waals surface area contributed by atoms with Gasteiger partial charge in [0, 0.05) is 25.0 Å². The molecular formula is C41H66N2O4. The molecule has 0 aromatic carbocycles. The van der Waals surface area contributed by atoms with E-state index >= 15 is 0 Å². The van der Waals surface area contributed by atoms with Crippen molar-refractivity contribution in [2.45, 2.75) is 124 Å². The van der Waals surface area contributed by atoms with Gasteiger partial charge in [-0.3, -0.25) is 9.69 Å². The molecule has 7 rings (SSSR count). The molecular weight excluding hydrogens is 584 g/mol. The molecule has 47 heavy (non-hydrogen) atoms. The van der Waals surface area contributed by atoms with Crippen LogP contribution in [0.25, 0.3) is 0 Å². The van der Waals surface area contributed by atoms with E-state index < -0.39 is 16.2 Å². The smallest absolute Gasteiger partial charge is 0.317 e. The Hall–Kier alpha value is -1.24. The van der Waals surface area contributed by atoms with Crippen molar-refractivity contribution in [1.82, 2.24) is 9.80 Å². The average molecular weight is 651 g/mol. The third kappa shape index (κ3) is 5.01. The number of carbonyl (C=O) groups excluding carboxylic acids is 2. The molecule has 0 radical (unpaired) electrons. The van der Waals surface area contributed by atoms with E-state index in [0.717, 1.165) is 64.2 Å². The van der Waals surface area contributed by atoms with Crippen molar-refractivity contribution >= 4 is 12.3 Å². The maximum atomic E-state index is 14.8. The van der Waals surface area contributed by atoms with Crippen LogP contribution in [0.3, 0.4) is 0 Å². The van der Waals surface area contributed by atoms with E-state index in [1.54, 1.807) is 7.11 Å². The number of piperidine rings is 1. The number of carbonyl (C=O) groups is 2. The number of ether oxygens (including phenoxy) is 2. The fraction of sp³-hybridized carbons (Fsp3) is 0.902. The number of rotatable bonds is 11. The lowest BCUT2D eigenvalue weighted by Crippen LogP contribution is -2.65. The topological polar surface area (TPSA) is 59.1 Å². The second-order valence-electron chi connectivity index (χ2n) is 17.9. The van der Waals surface area contributed by atoms with Crippen LogP contribution in [0.2, 0.25) is 0 Å². The van der Waals surface area contributed by atoms with E-state index in [1.807, 2.05) is 0 Å². The van der Waals surface area contributed by atoms with Gasteiger partial charge in [-0.25, -0.2) is 0 Å². The van der Waals surface area contributed by atoms with Gasteiger partial charge >= 0.3 is 5.97 Å². The van der Waals surface area contributed by atoms with Crippen LogP contribution in [0.4, 0.5) is 0 Å². The van der Waals surface area contributed by atoms with E-state index in [0.29, 0.717) is 23.7 Å². The van der Waals surface area contributed by atoms with Gasteiger partial charge in [0.25, 0.3) is 0 Å². The number of aldehydes is 1. The monoisotopic (exact) mass is 651 g/mol. The summed E-state index contributed by atoms with van der Waals surface area (Å²) in [7, 11) is 1.57. The second-order valence-corrected chi connectivity index (χ2v) is 17.9. The van der Waals surface area contributed by atoms with Crippen LogP contribution in [0.15, 0.2) is 11.6 Å². The van der Waals surface area contributed by atoms with Crippen LogP contribution < -0.4 is 0 Å². The lowest BCUT2D eigenvalue weighted by molar-refractivity contribution is -0.200. The van der Waals surface area contributed by atoms with Gasteiger partial charge in [0.15, 0.2) is 0 Å². The number of fused-ring (bicyclic) bond motifs is 2. The largest absolute Gasteiger partial charge is 0.468 e. The fourth-order valence-electron chi connectivity index (χ4n) is 13.5. The van der Waals surface area contributed by atoms with Crippen LogP contribution in [0.1, 0.15) is 112 Å². The maximum absolute atomic E-state index is 14.8. The molecule has 10 atom stereocenters. The molecule has 2 aliphatic heterocycles. The average Bonchev–Trinajstić information content (AvgIpc) is 3.80. The van der Waals surface area contributed by atoms with Crippen LogP contribution in [0, 0.1) is 63.6 Å². The van der Waals surface area contributed by atoms with Crippen molar-refractivity contribution in [3.05, 3.63) is 11.6 Å². The zero-order chi connectivity index (χ0) is 33.1.